The van der Waals surface area contributed by atoms with Crippen molar-refractivity contribution >= 4 is 16.4 Å². The molecule has 5 rings (SSSR count). The third-order valence-corrected chi connectivity index (χ3v) is 11.3. The average Bonchev–Trinajstić information content (AvgIpc) is 3.26. The van der Waals surface area contributed by atoms with Crippen LogP contribution in [-0.4, -0.2) is 138 Å². The summed E-state index contributed by atoms with van der Waals surface area (Å²) in [6.45, 7) is 7.49. The van der Waals surface area contributed by atoms with Crippen molar-refractivity contribution in [2.24, 2.45) is 0 Å². The third-order valence-electron chi connectivity index (χ3n) is 11.3. The first kappa shape index (κ1) is 61.2. The second kappa shape index (κ2) is 32.1. The number of aromatic hydroxyl groups is 4. The summed E-state index contributed by atoms with van der Waals surface area (Å²) in [6, 6.07) is 18.1. The van der Waals surface area contributed by atoms with Crippen molar-refractivity contribution in [3.8, 4) is 23.0 Å². The first-order chi connectivity index (χ1) is 32.5. The number of carbonyl (C=O) groups excluding carboxylic acids is 1. The van der Waals surface area contributed by atoms with Gasteiger partial charge in [0.1, 0.15) is 11.5 Å². The lowest BCUT2D eigenvalue weighted by molar-refractivity contribution is -0.250. The first-order valence-corrected chi connectivity index (χ1v) is 25.5. The maximum Gasteiger partial charge on any atom is 0.261 e. The van der Waals surface area contributed by atoms with E-state index in [2.05, 4.69) is 0 Å². The smallest absolute Gasteiger partial charge is 0.261 e. The van der Waals surface area contributed by atoms with Crippen LogP contribution in [0.5, 0.6) is 23.0 Å². The van der Waals surface area contributed by atoms with Crippen LogP contribution in [0.1, 0.15) is 152 Å². The molecule has 12 atom stereocenters. The molecule has 2 heterocycles. The van der Waals surface area contributed by atoms with E-state index in [9.17, 15) is 54.1 Å². The number of hydrogen-bond donors (Lipinski definition) is 11. The first-order valence-electron chi connectivity index (χ1n) is 23.7. The number of phenolic OH excluding ortho intramolecular Hbond substituents is 4. The fraction of sp³-hybridized carbons (Fsp3) is 0.620. The Hall–Kier alpha value is -3.96. The number of rotatable bonds is 21. The van der Waals surface area contributed by atoms with Gasteiger partial charge in [-0.1, -0.05) is 50.2 Å². The van der Waals surface area contributed by atoms with Gasteiger partial charge in [-0.2, -0.15) is 8.42 Å². The topological polar surface area (TPSA) is 311 Å². The van der Waals surface area contributed by atoms with Crippen LogP contribution in [0.4, 0.5) is 0 Å². The summed E-state index contributed by atoms with van der Waals surface area (Å²) < 4.78 is 49.9. The van der Waals surface area contributed by atoms with Crippen molar-refractivity contribution in [2.45, 2.75) is 191 Å². The molecule has 0 spiro atoms. The van der Waals surface area contributed by atoms with Crippen molar-refractivity contribution in [3.63, 3.8) is 0 Å². The van der Waals surface area contributed by atoms with Crippen LogP contribution in [0.2, 0.25) is 0 Å². The molecule has 18 nitrogen and oxygen atoms in total. The number of carbonyl (C=O) groups is 1. The summed E-state index contributed by atoms with van der Waals surface area (Å²) in [6.07, 6.45) is 4.30. The number of ether oxygens (including phenoxy) is 4. The number of benzene rings is 3. The molecular weight excluding hydrogens is 921 g/mol. The van der Waals surface area contributed by atoms with Gasteiger partial charge in [-0.25, -0.2) is 0 Å². The monoisotopic (exact) mass is 998 g/mol. The van der Waals surface area contributed by atoms with Gasteiger partial charge in [-0.05, 0) is 128 Å². The maximum absolute atomic E-state index is 10.7. The fourth-order valence-electron chi connectivity index (χ4n) is 7.70. The number of aliphatic hydroxyl groups is 6. The summed E-state index contributed by atoms with van der Waals surface area (Å²) in [5.41, 5.74) is 1.35. The number of phenols is 4. The highest BCUT2D eigenvalue weighted by atomic mass is 32.2. The Kier molecular flexibility index (Phi) is 28.5. The van der Waals surface area contributed by atoms with Gasteiger partial charge in [0.05, 0.1) is 78.4 Å². The number of aliphatic hydroxyl groups excluding tert-OH is 6. The van der Waals surface area contributed by atoms with E-state index in [-0.39, 0.29) is 60.3 Å². The molecule has 2 fully saturated rings. The van der Waals surface area contributed by atoms with Crippen LogP contribution >= 0.6 is 0 Å². The predicted octanol–water partition coefficient (Wildman–Crippen LogP) is 6.47. The predicted molar refractivity (Wildman–Crippen MR) is 257 cm³/mol. The van der Waals surface area contributed by atoms with Crippen molar-refractivity contribution in [2.75, 3.05) is 6.26 Å². The molecule has 0 amide bonds. The van der Waals surface area contributed by atoms with Gasteiger partial charge >= 0.3 is 0 Å². The molecule has 392 valence electrons. The molecule has 10 unspecified atom stereocenters. The average molecular weight is 999 g/mol. The Morgan fingerprint density at radius 2 is 1.14 bits per heavy atom. The van der Waals surface area contributed by atoms with E-state index < -0.39 is 59.3 Å². The highest BCUT2D eigenvalue weighted by Crippen LogP contribution is 2.40. The van der Waals surface area contributed by atoms with Gasteiger partial charge in [-0.15, -0.1) is 0 Å². The van der Waals surface area contributed by atoms with E-state index in [1.165, 1.54) is 12.1 Å². The zero-order chi connectivity index (χ0) is 51.7. The van der Waals surface area contributed by atoms with Crippen LogP contribution in [0, 0.1) is 0 Å². The van der Waals surface area contributed by atoms with Crippen LogP contribution < -0.4 is 0 Å². The Balaban J connectivity index is 0.000000409. The van der Waals surface area contributed by atoms with Crippen LogP contribution in [0.15, 0.2) is 66.7 Å². The van der Waals surface area contributed by atoms with E-state index in [0.717, 1.165) is 25.7 Å². The van der Waals surface area contributed by atoms with Gasteiger partial charge in [-0.3, -0.25) is 9.35 Å². The minimum absolute atomic E-state index is 0.0103. The standard InChI is InChI=1S/C28H38O8.C14H30O5.C7H6O2.CH4O3S/c1-3-19-16-20(35-28(34-19)23-11-7-13-25(31)26(23)32)9-6-8-18(29)15-21-14-17(2)33-27(36-21)22-10-4-5-12-24(22)30;1-3-11(16)8-12(17)5-4-6-13(18)9-14(19)7-10(2)15;8-5-6-3-1-2-4-7(6)9;1-5(2,3)4/h4-5,7,10-13,17-21,27-32H,3,6,8-9,14-16H2,1-2H3;10-19H,3-9H2,1-2H3;1-5,9H;1H3,(H,2,3,4)/t17-,18?,19?,20?,21?,27?,28?;10-,11?,12?,13?,14?;;/m00../s1. The van der Waals surface area contributed by atoms with Crippen molar-refractivity contribution in [3.05, 3.63) is 83.4 Å². The Morgan fingerprint density at radius 3 is 1.71 bits per heavy atom. The van der Waals surface area contributed by atoms with Gasteiger partial charge in [0.15, 0.2) is 30.4 Å². The summed E-state index contributed by atoms with van der Waals surface area (Å²) >= 11 is 0. The highest BCUT2D eigenvalue weighted by molar-refractivity contribution is 7.85. The van der Waals surface area contributed by atoms with Gasteiger partial charge in [0.25, 0.3) is 10.1 Å². The molecule has 3 aromatic rings. The summed E-state index contributed by atoms with van der Waals surface area (Å²) in [5, 5.41) is 97.2. The molecule has 2 saturated heterocycles. The molecule has 0 saturated carbocycles. The van der Waals surface area contributed by atoms with Crippen LogP contribution in [0.3, 0.4) is 0 Å². The molecule has 2 aliphatic heterocycles. The minimum Gasteiger partial charge on any atom is -0.507 e. The van der Waals surface area contributed by atoms with Crippen molar-refractivity contribution in [1.29, 1.82) is 0 Å². The van der Waals surface area contributed by atoms with Crippen molar-refractivity contribution in [1.82, 2.24) is 0 Å². The molecule has 69 heavy (non-hydrogen) atoms. The zero-order valence-electron chi connectivity index (χ0n) is 40.4. The van der Waals surface area contributed by atoms with E-state index in [4.69, 9.17) is 33.7 Å². The summed E-state index contributed by atoms with van der Waals surface area (Å²) in [4.78, 5) is 10.1. The normalized spacial score (nSPS) is 22.9. The molecule has 2 aliphatic rings. The minimum atomic E-state index is -3.67. The van der Waals surface area contributed by atoms with Crippen LogP contribution in [0.25, 0.3) is 0 Å². The van der Waals surface area contributed by atoms with Gasteiger partial charge in [0.2, 0.25) is 0 Å². The largest absolute Gasteiger partial charge is 0.507 e. The van der Waals surface area contributed by atoms with Gasteiger partial charge in [0, 0.05) is 12.0 Å². The number of para-hydroxylation sites is 3. The van der Waals surface area contributed by atoms with E-state index in [0.29, 0.717) is 80.6 Å². The molecule has 3 aromatic carbocycles. The summed E-state index contributed by atoms with van der Waals surface area (Å²) in [7, 11) is -3.67. The van der Waals surface area contributed by atoms with E-state index in [1.54, 1.807) is 55.5 Å². The molecule has 0 radical (unpaired) electrons. The Morgan fingerprint density at radius 1 is 0.623 bits per heavy atom. The fourth-order valence-corrected chi connectivity index (χ4v) is 7.70. The lowest BCUT2D eigenvalue weighted by Crippen LogP contribution is -2.35. The molecule has 11 N–H and O–H groups in total. The molecule has 0 bridgehead atoms. The van der Waals surface area contributed by atoms with Crippen molar-refractivity contribution < 1.29 is 87.8 Å². The second-order valence-electron chi connectivity index (χ2n) is 17.8. The molecule has 0 aromatic heterocycles. The van der Waals surface area contributed by atoms with Gasteiger partial charge < -0.3 is 70.0 Å². The lowest BCUT2D eigenvalue weighted by Gasteiger charge is -2.36. The highest BCUT2D eigenvalue weighted by Gasteiger charge is 2.34. The van der Waals surface area contributed by atoms with Crippen LogP contribution in [-0.2, 0) is 29.1 Å². The molecular formula is C50H78O18S. The Labute approximate surface area is 406 Å². The third kappa shape index (κ3) is 25.6. The Bertz CT molecular complexity index is 1980. The molecule has 0 aliphatic carbocycles. The molecule has 19 heteroatoms. The SMILES string of the molecule is CCC(O)CC(O)CCCC(O)CC(O)C[C@H](C)O.CCC1CC(CCCC(O)CC2C[C@H](C)OC(c3ccccc3O)O2)OC(c2cccc(O)c2O)O1.CS(=O)(=O)O.O=Cc1ccccc1O. The maximum atomic E-state index is 10.7. The number of aldehydes is 1. The summed E-state index contributed by atoms with van der Waals surface area (Å²) in [5.74, 6) is -0.254. The quantitative estimate of drug-likeness (QED) is 0.0309. The number of hydrogen-bond acceptors (Lipinski definition) is 17. The van der Waals surface area contributed by atoms with E-state index >= 15 is 0 Å². The lowest BCUT2D eigenvalue weighted by atomic mass is 9.97. The van der Waals surface area contributed by atoms with E-state index in [1.807, 2.05) is 26.8 Å². The zero-order valence-corrected chi connectivity index (χ0v) is 41.3. The second-order valence-corrected chi connectivity index (χ2v) is 19.2.